The van der Waals surface area contributed by atoms with Gasteiger partial charge in [0, 0.05) is 6.07 Å². The molecule has 140 valence electrons. The Morgan fingerprint density at radius 2 is 1.70 bits per heavy atom. The molecule has 27 heavy (non-hydrogen) atoms. The van der Waals surface area contributed by atoms with Gasteiger partial charge < -0.3 is 9.47 Å². The van der Waals surface area contributed by atoms with Crippen molar-refractivity contribution in [2.24, 2.45) is 0 Å². The van der Waals surface area contributed by atoms with Gasteiger partial charge in [-0.25, -0.2) is 9.78 Å². The summed E-state index contributed by atoms with van der Waals surface area (Å²) < 4.78 is 12.5. The molecule has 0 spiro atoms. The highest BCUT2D eigenvalue weighted by atomic mass is 16.5. The smallest absolute Gasteiger partial charge is 0.356 e. The zero-order valence-corrected chi connectivity index (χ0v) is 15.2. The SMILES string of the molecule is CCOc1ccc(-n2cnc(NNc3ccccc3)nc2=O)cc1OCC. The van der Waals surface area contributed by atoms with Crippen LogP contribution in [0, 0.1) is 0 Å². The van der Waals surface area contributed by atoms with Crippen molar-refractivity contribution in [2.45, 2.75) is 13.8 Å². The average molecular weight is 367 g/mol. The summed E-state index contributed by atoms with van der Waals surface area (Å²) in [6.45, 7) is 4.80. The molecule has 0 amide bonds. The van der Waals surface area contributed by atoms with Gasteiger partial charge in [-0.05, 0) is 38.1 Å². The van der Waals surface area contributed by atoms with E-state index in [-0.39, 0.29) is 5.95 Å². The van der Waals surface area contributed by atoms with E-state index in [0.29, 0.717) is 30.4 Å². The van der Waals surface area contributed by atoms with Gasteiger partial charge in [-0.15, -0.1) is 0 Å². The Morgan fingerprint density at radius 1 is 0.963 bits per heavy atom. The molecule has 8 nitrogen and oxygen atoms in total. The number of para-hydroxylation sites is 1. The van der Waals surface area contributed by atoms with Crippen LogP contribution in [-0.2, 0) is 0 Å². The molecule has 0 saturated heterocycles. The topological polar surface area (TPSA) is 90.3 Å². The van der Waals surface area contributed by atoms with Crippen LogP contribution in [-0.4, -0.2) is 27.7 Å². The zero-order valence-electron chi connectivity index (χ0n) is 15.2. The molecule has 0 atom stereocenters. The van der Waals surface area contributed by atoms with E-state index in [0.717, 1.165) is 5.69 Å². The lowest BCUT2D eigenvalue weighted by atomic mass is 10.2. The van der Waals surface area contributed by atoms with Crippen LogP contribution in [0.3, 0.4) is 0 Å². The summed E-state index contributed by atoms with van der Waals surface area (Å²) in [6.07, 6.45) is 1.41. The van der Waals surface area contributed by atoms with Crippen LogP contribution < -0.4 is 26.0 Å². The fraction of sp³-hybridized carbons (Fsp3) is 0.211. The number of hydrogen-bond acceptors (Lipinski definition) is 7. The maximum atomic E-state index is 12.4. The van der Waals surface area contributed by atoms with E-state index in [1.165, 1.54) is 10.9 Å². The minimum Gasteiger partial charge on any atom is -0.490 e. The van der Waals surface area contributed by atoms with Crippen LogP contribution in [0.15, 0.2) is 59.7 Å². The summed E-state index contributed by atoms with van der Waals surface area (Å²) in [5.74, 6) is 1.37. The third kappa shape index (κ3) is 4.55. The fourth-order valence-corrected chi connectivity index (χ4v) is 2.41. The van der Waals surface area contributed by atoms with Crippen molar-refractivity contribution in [3.05, 3.63) is 65.3 Å². The van der Waals surface area contributed by atoms with Crippen molar-refractivity contribution in [3.8, 4) is 17.2 Å². The lowest BCUT2D eigenvalue weighted by Crippen LogP contribution is -2.24. The van der Waals surface area contributed by atoms with Crippen molar-refractivity contribution in [3.63, 3.8) is 0 Å². The van der Waals surface area contributed by atoms with E-state index in [1.807, 2.05) is 44.2 Å². The molecule has 8 heteroatoms. The zero-order chi connectivity index (χ0) is 19.1. The van der Waals surface area contributed by atoms with E-state index in [4.69, 9.17) is 9.47 Å². The van der Waals surface area contributed by atoms with E-state index in [9.17, 15) is 4.79 Å². The summed E-state index contributed by atoms with van der Waals surface area (Å²) in [4.78, 5) is 20.5. The third-order valence-corrected chi connectivity index (χ3v) is 3.60. The van der Waals surface area contributed by atoms with Crippen LogP contribution in [0.2, 0.25) is 0 Å². The second-order valence-electron chi connectivity index (χ2n) is 5.45. The number of nitrogens with one attached hydrogen (secondary N) is 2. The predicted octanol–water partition coefficient (Wildman–Crippen LogP) is 2.86. The van der Waals surface area contributed by atoms with Gasteiger partial charge in [0.25, 0.3) is 0 Å². The fourth-order valence-electron chi connectivity index (χ4n) is 2.41. The Morgan fingerprint density at radius 3 is 2.41 bits per heavy atom. The van der Waals surface area contributed by atoms with Gasteiger partial charge in [-0.2, -0.15) is 4.98 Å². The molecular weight excluding hydrogens is 346 g/mol. The summed E-state index contributed by atoms with van der Waals surface area (Å²) >= 11 is 0. The Balaban J connectivity index is 1.81. The minimum absolute atomic E-state index is 0.177. The molecule has 3 rings (SSSR count). The summed E-state index contributed by atoms with van der Waals surface area (Å²) in [7, 11) is 0. The van der Waals surface area contributed by atoms with E-state index in [2.05, 4.69) is 20.8 Å². The Bertz CT molecular complexity index is 944. The molecule has 0 saturated carbocycles. The van der Waals surface area contributed by atoms with Gasteiger partial charge in [-0.1, -0.05) is 18.2 Å². The highest BCUT2D eigenvalue weighted by molar-refractivity contribution is 5.49. The number of anilines is 2. The molecule has 0 aliphatic heterocycles. The lowest BCUT2D eigenvalue weighted by Gasteiger charge is -2.13. The Labute approximate surface area is 156 Å². The molecular formula is C19H21N5O3. The first-order chi connectivity index (χ1) is 13.2. The van der Waals surface area contributed by atoms with Crippen LogP contribution in [0.1, 0.15) is 13.8 Å². The van der Waals surface area contributed by atoms with Gasteiger partial charge in [-0.3, -0.25) is 15.4 Å². The minimum atomic E-state index is -0.464. The van der Waals surface area contributed by atoms with E-state index >= 15 is 0 Å². The van der Waals surface area contributed by atoms with Crippen molar-refractivity contribution >= 4 is 11.6 Å². The number of nitrogens with zero attached hydrogens (tertiary/aromatic N) is 3. The van der Waals surface area contributed by atoms with Gasteiger partial charge in [0.05, 0.1) is 24.6 Å². The molecule has 0 fully saturated rings. The quantitative estimate of drug-likeness (QED) is 0.592. The molecule has 1 heterocycles. The highest BCUT2D eigenvalue weighted by Crippen LogP contribution is 2.29. The first-order valence-electron chi connectivity index (χ1n) is 8.64. The van der Waals surface area contributed by atoms with Crippen LogP contribution in [0.5, 0.6) is 11.5 Å². The maximum absolute atomic E-state index is 12.4. The van der Waals surface area contributed by atoms with Crippen LogP contribution in [0.4, 0.5) is 11.6 Å². The van der Waals surface area contributed by atoms with Gasteiger partial charge in [0.2, 0.25) is 5.95 Å². The normalized spacial score (nSPS) is 10.3. The van der Waals surface area contributed by atoms with Crippen molar-refractivity contribution < 1.29 is 9.47 Å². The average Bonchev–Trinajstić information content (AvgIpc) is 2.69. The summed E-state index contributed by atoms with van der Waals surface area (Å²) in [6, 6.07) is 14.7. The number of aromatic nitrogens is 3. The van der Waals surface area contributed by atoms with Gasteiger partial charge in [0.15, 0.2) is 11.5 Å². The van der Waals surface area contributed by atoms with Crippen LogP contribution >= 0.6 is 0 Å². The summed E-state index contributed by atoms with van der Waals surface area (Å²) in [5, 5.41) is 0. The second kappa shape index (κ2) is 8.70. The monoisotopic (exact) mass is 367 g/mol. The van der Waals surface area contributed by atoms with E-state index in [1.54, 1.807) is 18.2 Å². The molecule has 1 aromatic heterocycles. The Kier molecular flexibility index (Phi) is 5.88. The summed E-state index contributed by atoms with van der Waals surface area (Å²) in [5.41, 5.74) is 6.70. The first-order valence-corrected chi connectivity index (χ1v) is 8.64. The molecule has 2 N–H and O–H groups in total. The number of hydrogen-bond donors (Lipinski definition) is 2. The number of hydrazine groups is 1. The van der Waals surface area contributed by atoms with Crippen molar-refractivity contribution in [1.29, 1.82) is 0 Å². The van der Waals surface area contributed by atoms with Crippen molar-refractivity contribution in [2.75, 3.05) is 24.1 Å². The van der Waals surface area contributed by atoms with Crippen molar-refractivity contribution in [1.82, 2.24) is 14.5 Å². The molecule has 2 aromatic carbocycles. The molecule has 3 aromatic rings. The number of benzene rings is 2. The maximum Gasteiger partial charge on any atom is 0.356 e. The molecule has 0 bridgehead atoms. The number of rotatable bonds is 8. The van der Waals surface area contributed by atoms with Gasteiger partial charge >= 0.3 is 5.69 Å². The molecule has 0 aliphatic rings. The number of ether oxygens (including phenoxy) is 2. The molecule has 0 aliphatic carbocycles. The molecule has 0 radical (unpaired) electrons. The highest BCUT2D eigenvalue weighted by Gasteiger charge is 2.10. The lowest BCUT2D eigenvalue weighted by molar-refractivity contribution is 0.287. The molecule has 0 unspecified atom stereocenters. The van der Waals surface area contributed by atoms with Gasteiger partial charge in [0.1, 0.15) is 6.33 Å². The third-order valence-electron chi connectivity index (χ3n) is 3.60. The predicted molar refractivity (Wildman–Crippen MR) is 104 cm³/mol. The Hall–Kier alpha value is -3.55. The van der Waals surface area contributed by atoms with E-state index < -0.39 is 5.69 Å². The second-order valence-corrected chi connectivity index (χ2v) is 5.45. The standard InChI is InChI=1S/C19H21N5O3/c1-3-26-16-11-10-15(12-17(16)27-4-2)24-13-20-18(21-19(24)25)23-22-14-8-6-5-7-9-14/h5-13,22H,3-4H2,1-2H3,(H,21,23,25). The van der Waals surface area contributed by atoms with Crippen LogP contribution in [0.25, 0.3) is 5.69 Å². The largest absolute Gasteiger partial charge is 0.490 e. The first kappa shape index (κ1) is 18.2.